The summed E-state index contributed by atoms with van der Waals surface area (Å²) in [6.45, 7) is 13.5. The van der Waals surface area contributed by atoms with Crippen LogP contribution in [0.15, 0.2) is 35.4 Å². The maximum absolute atomic E-state index is 13.7. The van der Waals surface area contributed by atoms with E-state index in [0.29, 0.717) is 13.1 Å². The summed E-state index contributed by atoms with van der Waals surface area (Å²) in [5, 5.41) is -0.406. The van der Waals surface area contributed by atoms with Crippen molar-refractivity contribution < 1.29 is 8.78 Å². The van der Waals surface area contributed by atoms with Gasteiger partial charge in [-0.1, -0.05) is 47.0 Å². The summed E-state index contributed by atoms with van der Waals surface area (Å²) in [6, 6.07) is 8.36. The number of halogens is 3. The molecule has 0 N–H and O–H groups in total. The number of nitrogens with zero attached hydrogens (tertiary/aromatic N) is 2. The highest BCUT2D eigenvalue weighted by Gasteiger charge is 2.39. The Labute approximate surface area is 171 Å². The van der Waals surface area contributed by atoms with Gasteiger partial charge in [0.25, 0.3) is 6.08 Å². The van der Waals surface area contributed by atoms with E-state index < -0.39 is 17.3 Å². The molecule has 0 radical (unpaired) electrons. The second-order valence-electron chi connectivity index (χ2n) is 7.86. The molecule has 1 aliphatic rings. The number of anilines is 2. The Bertz CT molecular complexity index is 836. The van der Waals surface area contributed by atoms with Crippen LogP contribution in [0.3, 0.4) is 0 Å². The zero-order chi connectivity index (χ0) is 20.7. The largest absolute Gasteiger partial charge is 0.344 e. The van der Waals surface area contributed by atoms with Crippen molar-refractivity contribution in [1.82, 2.24) is 0 Å². The molecule has 5 heteroatoms. The van der Waals surface area contributed by atoms with E-state index in [1.54, 1.807) is 0 Å². The summed E-state index contributed by atoms with van der Waals surface area (Å²) in [4.78, 5) is 4.04. The zero-order valence-electron chi connectivity index (χ0n) is 17.3. The van der Waals surface area contributed by atoms with E-state index >= 15 is 0 Å². The van der Waals surface area contributed by atoms with Crippen LogP contribution in [0.4, 0.5) is 20.2 Å². The SMILES string of the molecule is Cc1cc(C)c(N2CCN(c3c(C)cc(C)cc3C)C2C(Cl)=C(F)F)c(C)c1. The van der Waals surface area contributed by atoms with Gasteiger partial charge >= 0.3 is 0 Å². The molecule has 0 amide bonds. The Morgan fingerprint density at radius 1 is 0.750 bits per heavy atom. The molecule has 1 heterocycles. The topological polar surface area (TPSA) is 6.48 Å². The molecule has 0 spiro atoms. The first-order valence-corrected chi connectivity index (χ1v) is 9.89. The van der Waals surface area contributed by atoms with Gasteiger partial charge in [0.05, 0.1) is 0 Å². The molecule has 0 bridgehead atoms. The summed E-state index contributed by atoms with van der Waals surface area (Å²) in [7, 11) is 0. The molecule has 1 fully saturated rings. The van der Waals surface area contributed by atoms with Crippen LogP contribution < -0.4 is 9.80 Å². The molecular formula is C23H27ClF2N2. The van der Waals surface area contributed by atoms with E-state index in [1.165, 1.54) is 0 Å². The fourth-order valence-electron chi connectivity index (χ4n) is 4.72. The average molecular weight is 405 g/mol. The minimum absolute atomic E-state index is 0.406. The Morgan fingerprint density at radius 3 is 1.36 bits per heavy atom. The smallest absolute Gasteiger partial charge is 0.288 e. The van der Waals surface area contributed by atoms with Crippen molar-refractivity contribution in [2.24, 2.45) is 0 Å². The van der Waals surface area contributed by atoms with E-state index in [-0.39, 0.29) is 0 Å². The molecule has 150 valence electrons. The molecule has 1 saturated heterocycles. The zero-order valence-corrected chi connectivity index (χ0v) is 18.1. The summed E-state index contributed by atoms with van der Waals surface area (Å²) < 4.78 is 27.4. The quantitative estimate of drug-likeness (QED) is 0.573. The first kappa shape index (κ1) is 20.7. The molecule has 0 unspecified atom stereocenters. The molecular weight excluding hydrogens is 378 g/mol. The highest BCUT2D eigenvalue weighted by atomic mass is 35.5. The van der Waals surface area contributed by atoms with Gasteiger partial charge in [-0.25, -0.2) is 0 Å². The predicted octanol–water partition coefficient (Wildman–Crippen LogP) is 6.54. The summed E-state index contributed by atoms with van der Waals surface area (Å²) in [5.41, 5.74) is 8.59. The molecule has 2 aromatic carbocycles. The van der Waals surface area contributed by atoms with Gasteiger partial charge < -0.3 is 9.80 Å². The third kappa shape index (κ3) is 3.62. The van der Waals surface area contributed by atoms with Gasteiger partial charge in [0.15, 0.2) is 0 Å². The maximum atomic E-state index is 13.7. The highest BCUT2D eigenvalue weighted by molar-refractivity contribution is 6.31. The third-order valence-corrected chi connectivity index (χ3v) is 5.76. The lowest BCUT2D eigenvalue weighted by Gasteiger charge is -2.35. The van der Waals surface area contributed by atoms with E-state index in [2.05, 4.69) is 24.3 Å². The van der Waals surface area contributed by atoms with Gasteiger partial charge in [0.2, 0.25) is 0 Å². The van der Waals surface area contributed by atoms with Crippen LogP contribution in [0, 0.1) is 41.5 Å². The maximum Gasteiger partial charge on any atom is 0.288 e. The third-order valence-electron chi connectivity index (χ3n) is 5.42. The Hall–Kier alpha value is -2.07. The Balaban J connectivity index is 2.17. The van der Waals surface area contributed by atoms with Crippen LogP contribution in [-0.4, -0.2) is 19.3 Å². The normalized spacial score (nSPS) is 14.8. The van der Waals surface area contributed by atoms with Crippen molar-refractivity contribution in [2.45, 2.75) is 47.7 Å². The molecule has 0 aromatic heterocycles. The summed E-state index contributed by atoms with van der Waals surface area (Å²) in [5.74, 6) is 0. The van der Waals surface area contributed by atoms with Gasteiger partial charge in [-0.15, -0.1) is 0 Å². The lowest BCUT2D eigenvalue weighted by atomic mass is 10.0. The van der Waals surface area contributed by atoms with Crippen LogP contribution in [0.25, 0.3) is 0 Å². The lowest BCUT2D eigenvalue weighted by Crippen LogP contribution is -2.41. The molecule has 2 aromatic rings. The Morgan fingerprint density at radius 2 is 1.07 bits per heavy atom. The van der Waals surface area contributed by atoms with Gasteiger partial charge in [-0.3, -0.25) is 0 Å². The lowest BCUT2D eigenvalue weighted by molar-refractivity contribution is 0.411. The van der Waals surface area contributed by atoms with Crippen molar-refractivity contribution in [3.63, 3.8) is 0 Å². The first-order chi connectivity index (χ1) is 13.1. The Kier molecular flexibility index (Phi) is 5.72. The van der Waals surface area contributed by atoms with Crippen LogP contribution in [0.2, 0.25) is 0 Å². The predicted molar refractivity (Wildman–Crippen MR) is 115 cm³/mol. The van der Waals surface area contributed by atoms with E-state index in [0.717, 1.165) is 44.8 Å². The number of hydrogen-bond acceptors (Lipinski definition) is 2. The minimum atomic E-state index is -1.83. The van der Waals surface area contributed by atoms with Gasteiger partial charge in [0, 0.05) is 24.5 Å². The van der Waals surface area contributed by atoms with Crippen LogP contribution in [-0.2, 0) is 0 Å². The number of benzene rings is 2. The monoisotopic (exact) mass is 404 g/mol. The van der Waals surface area contributed by atoms with Crippen LogP contribution in [0.5, 0.6) is 0 Å². The molecule has 3 rings (SSSR count). The van der Waals surface area contributed by atoms with Gasteiger partial charge in [-0.05, 0) is 63.8 Å². The van der Waals surface area contributed by atoms with Crippen molar-refractivity contribution in [3.05, 3.63) is 68.8 Å². The van der Waals surface area contributed by atoms with Crippen molar-refractivity contribution >= 4 is 23.0 Å². The van der Waals surface area contributed by atoms with Crippen LogP contribution in [0.1, 0.15) is 33.4 Å². The fourth-order valence-corrected chi connectivity index (χ4v) is 4.95. The second kappa shape index (κ2) is 7.75. The average Bonchev–Trinajstić information content (AvgIpc) is 2.96. The molecule has 0 aliphatic carbocycles. The summed E-state index contributed by atoms with van der Waals surface area (Å²) in [6.07, 6.45) is -2.54. The number of rotatable bonds is 3. The van der Waals surface area contributed by atoms with Crippen molar-refractivity contribution in [3.8, 4) is 0 Å². The fraction of sp³-hybridized carbons (Fsp3) is 0.391. The molecule has 0 atom stereocenters. The van der Waals surface area contributed by atoms with E-state index in [4.69, 9.17) is 11.6 Å². The van der Waals surface area contributed by atoms with Crippen molar-refractivity contribution in [1.29, 1.82) is 0 Å². The number of hydrogen-bond donors (Lipinski definition) is 0. The molecule has 28 heavy (non-hydrogen) atoms. The van der Waals surface area contributed by atoms with Crippen LogP contribution >= 0.6 is 11.6 Å². The number of aryl methyl sites for hydroxylation is 6. The highest BCUT2D eigenvalue weighted by Crippen LogP contribution is 2.40. The second-order valence-corrected chi connectivity index (χ2v) is 8.27. The van der Waals surface area contributed by atoms with E-state index in [1.807, 2.05) is 51.3 Å². The van der Waals surface area contributed by atoms with Gasteiger partial charge in [0.1, 0.15) is 11.2 Å². The minimum Gasteiger partial charge on any atom is -0.344 e. The molecule has 0 saturated carbocycles. The molecule has 1 aliphatic heterocycles. The standard InChI is InChI=1S/C23H27ClF2N2/c1-13-9-15(3)20(16(4)10-13)27-7-8-28(23(27)19(24)22(25)26)21-17(5)11-14(2)12-18(21)6/h9-12,23H,7-8H2,1-6H3. The first-order valence-electron chi connectivity index (χ1n) is 9.51. The van der Waals surface area contributed by atoms with Crippen molar-refractivity contribution in [2.75, 3.05) is 22.9 Å². The summed E-state index contributed by atoms with van der Waals surface area (Å²) >= 11 is 6.23. The van der Waals surface area contributed by atoms with Gasteiger partial charge in [-0.2, -0.15) is 8.78 Å². The van der Waals surface area contributed by atoms with E-state index in [9.17, 15) is 8.78 Å². The molecule has 2 nitrogen and oxygen atoms in total.